The molecule has 0 radical (unpaired) electrons. The zero-order valence-corrected chi connectivity index (χ0v) is 16.7. The standard InChI is InChI=1S/C21H23ClN2O5/c22-16-11-14(12-18-19(16)29-10-2-9-28-18)13-23-20(25)15-4-6-24(7-5-15)21(26)17-3-1-8-27-17/h1,3,8,11-12,15H,2,4-7,9-10,13H2,(H,23,25). The Kier molecular flexibility index (Phi) is 5.94. The number of benzene rings is 1. The van der Waals surface area contributed by atoms with Gasteiger partial charge < -0.3 is 24.1 Å². The van der Waals surface area contributed by atoms with Crippen molar-refractivity contribution in [2.24, 2.45) is 5.92 Å². The maximum atomic E-state index is 12.6. The Bertz CT molecular complexity index is 875. The molecule has 1 N–H and O–H groups in total. The molecule has 154 valence electrons. The first-order valence-electron chi connectivity index (χ1n) is 9.80. The van der Waals surface area contributed by atoms with Crippen LogP contribution in [-0.2, 0) is 11.3 Å². The molecule has 1 aromatic carbocycles. The summed E-state index contributed by atoms with van der Waals surface area (Å²) < 4.78 is 16.5. The van der Waals surface area contributed by atoms with Gasteiger partial charge in [-0.25, -0.2) is 0 Å². The fourth-order valence-corrected chi connectivity index (χ4v) is 3.91. The number of carbonyl (C=O) groups is 2. The van der Waals surface area contributed by atoms with Gasteiger partial charge in [-0.15, -0.1) is 0 Å². The van der Waals surface area contributed by atoms with Gasteiger partial charge in [0, 0.05) is 32.0 Å². The van der Waals surface area contributed by atoms with Crippen LogP contribution in [0, 0.1) is 5.92 Å². The number of piperidine rings is 1. The third-order valence-corrected chi connectivity index (χ3v) is 5.49. The van der Waals surface area contributed by atoms with Gasteiger partial charge in [0.2, 0.25) is 5.91 Å². The average molecular weight is 419 g/mol. The first kappa shape index (κ1) is 19.6. The summed E-state index contributed by atoms with van der Waals surface area (Å²) in [6.45, 7) is 2.58. The molecule has 0 saturated carbocycles. The van der Waals surface area contributed by atoms with Crippen LogP contribution in [0.2, 0.25) is 5.02 Å². The van der Waals surface area contributed by atoms with Gasteiger partial charge in [-0.05, 0) is 42.7 Å². The molecule has 2 aliphatic rings. The third kappa shape index (κ3) is 4.50. The normalized spacial score (nSPS) is 16.9. The second-order valence-electron chi connectivity index (χ2n) is 7.22. The van der Waals surface area contributed by atoms with Crippen molar-refractivity contribution in [2.45, 2.75) is 25.8 Å². The number of hydrogen-bond acceptors (Lipinski definition) is 5. The molecule has 0 bridgehead atoms. The Balaban J connectivity index is 1.30. The van der Waals surface area contributed by atoms with E-state index in [2.05, 4.69) is 5.32 Å². The summed E-state index contributed by atoms with van der Waals surface area (Å²) in [5.74, 6) is 1.25. The smallest absolute Gasteiger partial charge is 0.289 e. The molecular weight excluding hydrogens is 396 g/mol. The van der Waals surface area contributed by atoms with Crippen LogP contribution in [0.15, 0.2) is 34.9 Å². The van der Waals surface area contributed by atoms with E-state index >= 15 is 0 Å². The number of rotatable bonds is 4. The molecule has 2 aromatic rings. The lowest BCUT2D eigenvalue weighted by Gasteiger charge is -2.30. The van der Waals surface area contributed by atoms with E-state index in [4.69, 9.17) is 25.5 Å². The van der Waals surface area contributed by atoms with Crippen LogP contribution in [0.4, 0.5) is 0 Å². The van der Waals surface area contributed by atoms with Gasteiger partial charge in [-0.3, -0.25) is 9.59 Å². The molecule has 0 aliphatic carbocycles. The second-order valence-corrected chi connectivity index (χ2v) is 7.62. The first-order valence-corrected chi connectivity index (χ1v) is 10.2. The van der Waals surface area contributed by atoms with Gasteiger partial charge in [0.25, 0.3) is 5.91 Å². The lowest BCUT2D eigenvalue weighted by atomic mass is 9.95. The number of nitrogens with one attached hydrogen (secondary N) is 1. The maximum Gasteiger partial charge on any atom is 0.289 e. The summed E-state index contributed by atoms with van der Waals surface area (Å²) >= 11 is 6.31. The molecule has 2 amide bonds. The van der Waals surface area contributed by atoms with Gasteiger partial charge in [-0.2, -0.15) is 0 Å². The van der Waals surface area contributed by atoms with Gasteiger partial charge in [-0.1, -0.05) is 11.6 Å². The van der Waals surface area contributed by atoms with E-state index in [-0.39, 0.29) is 17.7 Å². The summed E-state index contributed by atoms with van der Waals surface area (Å²) in [4.78, 5) is 26.6. The predicted molar refractivity (Wildman–Crippen MR) is 106 cm³/mol. The Morgan fingerprint density at radius 3 is 2.72 bits per heavy atom. The highest BCUT2D eigenvalue weighted by molar-refractivity contribution is 6.32. The van der Waals surface area contributed by atoms with Crippen LogP contribution in [0.25, 0.3) is 0 Å². The van der Waals surface area contributed by atoms with Crippen molar-refractivity contribution in [3.05, 3.63) is 46.9 Å². The van der Waals surface area contributed by atoms with E-state index in [1.807, 2.05) is 6.07 Å². The van der Waals surface area contributed by atoms with E-state index in [0.717, 1.165) is 12.0 Å². The van der Waals surface area contributed by atoms with Crippen molar-refractivity contribution in [3.8, 4) is 11.5 Å². The number of hydrogen-bond donors (Lipinski definition) is 1. The quantitative estimate of drug-likeness (QED) is 0.824. The molecule has 0 spiro atoms. The molecule has 1 fully saturated rings. The highest BCUT2D eigenvalue weighted by atomic mass is 35.5. The molecule has 8 heteroatoms. The highest BCUT2D eigenvalue weighted by Crippen LogP contribution is 2.38. The Labute approximate surface area is 173 Å². The van der Waals surface area contributed by atoms with Gasteiger partial charge in [0.1, 0.15) is 0 Å². The minimum absolute atomic E-state index is 0.0154. The van der Waals surface area contributed by atoms with Gasteiger partial charge in [0.15, 0.2) is 17.3 Å². The van der Waals surface area contributed by atoms with Crippen molar-refractivity contribution in [2.75, 3.05) is 26.3 Å². The summed E-state index contributed by atoms with van der Waals surface area (Å²) in [7, 11) is 0. The Hall–Kier alpha value is -2.67. The topological polar surface area (TPSA) is 81.0 Å². The molecule has 3 heterocycles. The highest BCUT2D eigenvalue weighted by Gasteiger charge is 2.28. The van der Waals surface area contributed by atoms with Crippen molar-refractivity contribution >= 4 is 23.4 Å². The Morgan fingerprint density at radius 2 is 1.97 bits per heavy atom. The molecule has 2 aliphatic heterocycles. The minimum Gasteiger partial charge on any atom is -0.489 e. The van der Waals surface area contributed by atoms with E-state index in [9.17, 15) is 9.59 Å². The maximum absolute atomic E-state index is 12.6. The van der Waals surface area contributed by atoms with Gasteiger partial charge >= 0.3 is 0 Å². The number of amides is 2. The van der Waals surface area contributed by atoms with E-state index in [1.54, 1.807) is 23.1 Å². The number of ether oxygens (including phenoxy) is 2. The lowest BCUT2D eigenvalue weighted by molar-refractivity contribution is -0.126. The van der Waals surface area contributed by atoms with Crippen molar-refractivity contribution in [1.29, 1.82) is 0 Å². The van der Waals surface area contributed by atoms with Crippen LogP contribution < -0.4 is 14.8 Å². The average Bonchev–Trinajstić information content (AvgIpc) is 3.17. The molecule has 0 unspecified atom stereocenters. The fourth-order valence-electron chi connectivity index (χ4n) is 3.62. The van der Waals surface area contributed by atoms with E-state index in [1.165, 1.54) is 6.26 Å². The van der Waals surface area contributed by atoms with Crippen LogP contribution in [0.1, 0.15) is 35.4 Å². The molecule has 1 aromatic heterocycles. The Morgan fingerprint density at radius 1 is 1.17 bits per heavy atom. The number of likely N-dealkylation sites (tertiary alicyclic amines) is 1. The summed E-state index contributed by atoms with van der Waals surface area (Å²) in [5, 5.41) is 3.46. The van der Waals surface area contributed by atoms with Crippen molar-refractivity contribution in [1.82, 2.24) is 10.2 Å². The number of furan rings is 1. The summed E-state index contributed by atoms with van der Waals surface area (Å²) in [6, 6.07) is 7.00. The molecule has 4 rings (SSSR count). The second kappa shape index (κ2) is 8.78. The molecule has 7 nitrogen and oxygen atoms in total. The van der Waals surface area contributed by atoms with Crippen LogP contribution in [0.3, 0.4) is 0 Å². The minimum atomic E-state index is -0.129. The number of fused-ring (bicyclic) bond motifs is 1. The zero-order chi connectivity index (χ0) is 20.2. The monoisotopic (exact) mass is 418 g/mol. The largest absolute Gasteiger partial charge is 0.489 e. The summed E-state index contributed by atoms with van der Waals surface area (Å²) in [5.41, 5.74) is 0.859. The van der Waals surface area contributed by atoms with Crippen LogP contribution in [-0.4, -0.2) is 43.0 Å². The van der Waals surface area contributed by atoms with Crippen LogP contribution >= 0.6 is 11.6 Å². The first-order chi connectivity index (χ1) is 14.1. The number of carbonyl (C=O) groups excluding carboxylic acids is 2. The lowest BCUT2D eigenvalue weighted by Crippen LogP contribution is -2.42. The van der Waals surface area contributed by atoms with Crippen molar-refractivity contribution in [3.63, 3.8) is 0 Å². The van der Waals surface area contributed by atoms with Crippen molar-refractivity contribution < 1.29 is 23.5 Å². The molecular formula is C21H23ClN2O5. The number of nitrogens with zero attached hydrogens (tertiary/aromatic N) is 1. The third-order valence-electron chi connectivity index (χ3n) is 5.21. The summed E-state index contributed by atoms with van der Waals surface area (Å²) in [6.07, 6.45) is 3.54. The predicted octanol–water partition coefficient (Wildman–Crippen LogP) is 3.26. The number of halogens is 1. The van der Waals surface area contributed by atoms with Gasteiger partial charge in [0.05, 0.1) is 24.5 Å². The fraction of sp³-hybridized carbons (Fsp3) is 0.429. The van der Waals surface area contributed by atoms with E-state index < -0.39 is 0 Å². The molecule has 0 atom stereocenters. The molecule has 29 heavy (non-hydrogen) atoms. The SMILES string of the molecule is O=C(NCc1cc(Cl)c2c(c1)OCCCO2)C1CCN(C(=O)c2ccco2)CC1. The zero-order valence-electron chi connectivity index (χ0n) is 16.0. The van der Waals surface area contributed by atoms with Crippen LogP contribution in [0.5, 0.6) is 11.5 Å². The van der Waals surface area contributed by atoms with E-state index in [0.29, 0.717) is 68.0 Å². The molecule has 1 saturated heterocycles.